The van der Waals surface area contributed by atoms with Gasteiger partial charge in [-0.25, -0.2) is 0 Å². The molecule has 0 atom stereocenters. The number of benzene rings is 2. The average Bonchev–Trinajstić information content (AvgIpc) is 2.93. The first kappa shape index (κ1) is 15.2. The van der Waals surface area contributed by atoms with Gasteiger partial charge in [-0.1, -0.05) is 47.5 Å². The minimum absolute atomic E-state index is 0.0615. The van der Waals surface area contributed by atoms with Crippen LogP contribution >= 0.6 is 23.2 Å². The summed E-state index contributed by atoms with van der Waals surface area (Å²) in [5, 5.41) is 3.63. The molecule has 0 aromatic heterocycles. The first-order valence-electron chi connectivity index (χ1n) is 7.22. The largest absolute Gasteiger partial charge is 0.370 e. The Bertz CT molecular complexity index is 703. The van der Waals surface area contributed by atoms with Gasteiger partial charge in [0.15, 0.2) is 0 Å². The van der Waals surface area contributed by atoms with Gasteiger partial charge in [0.1, 0.15) is 0 Å². The molecule has 1 heterocycles. The predicted octanol–water partition coefficient (Wildman–Crippen LogP) is 4.38. The quantitative estimate of drug-likeness (QED) is 0.899. The Kier molecular flexibility index (Phi) is 4.55. The van der Waals surface area contributed by atoms with Gasteiger partial charge < -0.3 is 10.2 Å². The van der Waals surface area contributed by atoms with Crippen molar-refractivity contribution in [2.75, 3.05) is 23.3 Å². The summed E-state index contributed by atoms with van der Waals surface area (Å²) in [5.41, 5.74) is 3.14. The van der Waals surface area contributed by atoms with Crippen LogP contribution in [0.1, 0.15) is 12.0 Å². The number of carbonyl (C=O) groups is 1. The Morgan fingerprint density at radius 3 is 2.82 bits per heavy atom. The van der Waals surface area contributed by atoms with E-state index in [4.69, 9.17) is 23.2 Å². The van der Waals surface area contributed by atoms with Crippen molar-refractivity contribution >= 4 is 40.5 Å². The molecule has 0 bridgehead atoms. The van der Waals surface area contributed by atoms with E-state index in [-0.39, 0.29) is 5.91 Å². The van der Waals surface area contributed by atoms with Crippen molar-refractivity contribution in [3.63, 3.8) is 0 Å². The molecule has 3 nitrogen and oxygen atoms in total. The van der Waals surface area contributed by atoms with Crippen molar-refractivity contribution < 1.29 is 4.79 Å². The molecule has 0 radical (unpaired) electrons. The maximum absolute atomic E-state index is 12.1. The second-order valence-corrected chi connectivity index (χ2v) is 6.05. The van der Waals surface area contributed by atoms with Crippen LogP contribution < -0.4 is 10.2 Å². The van der Waals surface area contributed by atoms with Gasteiger partial charge >= 0.3 is 0 Å². The number of rotatable bonds is 4. The number of amides is 1. The maximum atomic E-state index is 12.1. The number of nitrogens with zero attached hydrogens (tertiary/aromatic N) is 1. The molecule has 1 amide bonds. The molecule has 1 N–H and O–H groups in total. The van der Waals surface area contributed by atoms with E-state index in [2.05, 4.69) is 28.4 Å². The second kappa shape index (κ2) is 6.59. The summed E-state index contributed by atoms with van der Waals surface area (Å²) in [7, 11) is 0. The van der Waals surface area contributed by atoms with E-state index in [1.165, 1.54) is 11.3 Å². The lowest BCUT2D eigenvalue weighted by Crippen LogP contribution is -2.26. The second-order valence-electron chi connectivity index (χ2n) is 5.27. The fourth-order valence-electron chi connectivity index (χ4n) is 2.69. The van der Waals surface area contributed by atoms with Crippen molar-refractivity contribution in [2.45, 2.75) is 12.8 Å². The zero-order valence-electron chi connectivity index (χ0n) is 12.0. The molecule has 5 heteroatoms. The number of hydrogen-bond donors (Lipinski definition) is 1. The van der Waals surface area contributed by atoms with Crippen LogP contribution in [0.15, 0.2) is 42.5 Å². The topological polar surface area (TPSA) is 32.3 Å². The van der Waals surface area contributed by atoms with Crippen molar-refractivity contribution in [2.24, 2.45) is 0 Å². The van der Waals surface area contributed by atoms with Gasteiger partial charge in [-0.05, 0) is 30.2 Å². The van der Waals surface area contributed by atoms with E-state index in [0.717, 1.165) is 13.0 Å². The number of nitrogens with one attached hydrogen (secondary N) is 1. The van der Waals surface area contributed by atoms with Gasteiger partial charge in [0.05, 0.1) is 15.7 Å². The van der Waals surface area contributed by atoms with E-state index in [9.17, 15) is 4.79 Å². The van der Waals surface area contributed by atoms with Crippen LogP contribution in [0.5, 0.6) is 0 Å². The first-order valence-corrected chi connectivity index (χ1v) is 7.97. The third kappa shape index (κ3) is 3.21. The summed E-state index contributed by atoms with van der Waals surface area (Å²) in [6.07, 6.45) is 1.45. The lowest BCUT2D eigenvalue weighted by atomic mass is 10.2. The lowest BCUT2D eigenvalue weighted by Gasteiger charge is -2.19. The monoisotopic (exact) mass is 334 g/mol. The highest BCUT2D eigenvalue weighted by molar-refractivity contribution is 6.43. The number of fused-ring (bicyclic) bond motifs is 1. The van der Waals surface area contributed by atoms with Crippen molar-refractivity contribution in [3.8, 4) is 0 Å². The van der Waals surface area contributed by atoms with E-state index in [1.54, 1.807) is 18.2 Å². The van der Waals surface area contributed by atoms with Gasteiger partial charge in [0.25, 0.3) is 0 Å². The van der Waals surface area contributed by atoms with E-state index in [0.29, 0.717) is 28.7 Å². The molecule has 0 saturated heterocycles. The SMILES string of the molecule is O=C(CCN1CCc2ccccc21)Nc1cccc(Cl)c1Cl. The van der Waals surface area contributed by atoms with Gasteiger partial charge in [-0.3, -0.25) is 4.79 Å². The number of carbonyl (C=O) groups excluding carboxylic acids is 1. The van der Waals surface area contributed by atoms with Gasteiger partial charge in [-0.2, -0.15) is 0 Å². The smallest absolute Gasteiger partial charge is 0.226 e. The molecule has 0 spiro atoms. The Morgan fingerprint density at radius 2 is 1.95 bits per heavy atom. The minimum Gasteiger partial charge on any atom is -0.370 e. The Morgan fingerprint density at radius 1 is 1.14 bits per heavy atom. The van der Waals surface area contributed by atoms with Crippen LogP contribution in [-0.2, 0) is 11.2 Å². The van der Waals surface area contributed by atoms with E-state index < -0.39 is 0 Å². The zero-order valence-corrected chi connectivity index (χ0v) is 13.5. The van der Waals surface area contributed by atoms with Crippen molar-refractivity contribution in [1.29, 1.82) is 0 Å². The standard InChI is InChI=1S/C17H16Cl2N2O/c18-13-5-3-6-14(17(13)19)20-16(22)9-11-21-10-8-12-4-1-2-7-15(12)21/h1-7H,8-11H2,(H,20,22). The summed E-state index contributed by atoms with van der Waals surface area (Å²) in [4.78, 5) is 14.3. The van der Waals surface area contributed by atoms with Crippen LogP contribution in [0.3, 0.4) is 0 Å². The number of halogens is 2. The highest BCUT2D eigenvalue weighted by atomic mass is 35.5. The lowest BCUT2D eigenvalue weighted by molar-refractivity contribution is -0.116. The van der Waals surface area contributed by atoms with E-state index >= 15 is 0 Å². The van der Waals surface area contributed by atoms with Gasteiger partial charge in [-0.15, -0.1) is 0 Å². The molecule has 1 aliphatic rings. The average molecular weight is 335 g/mol. The molecule has 114 valence electrons. The molecule has 0 unspecified atom stereocenters. The molecule has 22 heavy (non-hydrogen) atoms. The number of para-hydroxylation sites is 1. The third-order valence-electron chi connectivity index (χ3n) is 3.82. The third-order valence-corrected chi connectivity index (χ3v) is 4.64. The highest BCUT2D eigenvalue weighted by Crippen LogP contribution is 2.30. The van der Waals surface area contributed by atoms with Crippen LogP contribution in [0, 0.1) is 0 Å². The van der Waals surface area contributed by atoms with Crippen LogP contribution in [0.4, 0.5) is 11.4 Å². The zero-order chi connectivity index (χ0) is 15.5. The Labute approximate surface area is 139 Å². The predicted molar refractivity (Wildman–Crippen MR) is 92.1 cm³/mol. The summed E-state index contributed by atoms with van der Waals surface area (Å²) in [6, 6.07) is 13.5. The summed E-state index contributed by atoms with van der Waals surface area (Å²) < 4.78 is 0. The molecule has 0 saturated carbocycles. The van der Waals surface area contributed by atoms with Crippen LogP contribution in [0.25, 0.3) is 0 Å². The van der Waals surface area contributed by atoms with Gasteiger partial charge in [0.2, 0.25) is 5.91 Å². The van der Waals surface area contributed by atoms with E-state index in [1.807, 2.05) is 6.07 Å². The summed E-state index contributed by atoms with van der Waals surface area (Å²) >= 11 is 12.0. The van der Waals surface area contributed by atoms with Crippen LogP contribution in [0.2, 0.25) is 10.0 Å². The molecular weight excluding hydrogens is 319 g/mol. The van der Waals surface area contributed by atoms with Crippen LogP contribution in [-0.4, -0.2) is 19.0 Å². The molecular formula is C17H16Cl2N2O. The summed E-state index contributed by atoms with van der Waals surface area (Å²) in [5.74, 6) is -0.0615. The molecule has 2 aromatic carbocycles. The number of anilines is 2. The molecule has 1 aliphatic heterocycles. The fourth-order valence-corrected chi connectivity index (χ4v) is 3.04. The molecule has 0 aliphatic carbocycles. The number of hydrogen-bond acceptors (Lipinski definition) is 2. The van der Waals surface area contributed by atoms with Crippen molar-refractivity contribution in [3.05, 3.63) is 58.1 Å². The first-order chi connectivity index (χ1) is 10.6. The molecule has 2 aromatic rings. The minimum atomic E-state index is -0.0615. The fraction of sp³-hybridized carbons (Fsp3) is 0.235. The van der Waals surface area contributed by atoms with Crippen molar-refractivity contribution in [1.82, 2.24) is 0 Å². The highest BCUT2D eigenvalue weighted by Gasteiger charge is 2.19. The van der Waals surface area contributed by atoms with Gasteiger partial charge in [0, 0.05) is 25.2 Å². The normalized spacial score (nSPS) is 13.1. The Balaban J connectivity index is 1.58. The Hall–Kier alpha value is -1.71. The molecule has 3 rings (SSSR count). The molecule has 0 fully saturated rings. The summed E-state index contributed by atoms with van der Waals surface area (Å²) in [6.45, 7) is 1.66. The maximum Gasteiger partial charge on any atom is 0.226 e.